The van der Waals surface area contributed by atoms with E-state index in [0.717, 1.165) is 11.1 Å². The molecule has 2 N–H and O–H groups in total. The molecule has 0 saturated heterocycles. The van der Waals surface area contributed by atoms with Crippen molar-refractivity contribution in [1.29, 1.82) is 5.26 Å². The number of fused-ring (bicyclic) bond motifs is 1. The summed E-state index contributed by atoms with van der Waals surface area (Å²) in [7, 11) is -2.76. The Balaban J connectivity index is 2.54. The summed E-state index contributed by atoms with van der Waals surface area (Å²) >= 11 is 0. The number of rotatable bonds is 0. The summed E-state index contributed by atoms with van der Waals surface area (Å²) in [6, 6.07) is 9.21. The molecule has 1 heterocycles. The van der Waals surface area contributed by atoms with E-state index in [9.17, 15) is 9.11 Å². The maximum atomic E-state index is 9.59. The highest BCUT2D eigenvalue weighted by Crippen LogP contribution is 2.61. The Bertz CT molecular complexity index is 383. The van der Waals surface area contributed by atoms with Gasteiger partial charge in [-0.25, -0.2) is 0 Å². The van der Waals surface area contributed by atoms with Gasteiger partial charge in [-0.1, -0.05) is 24.3 Å². The zero-order chi connectivity index (χ0) is 9.47. The lowest BCUT2D eigenvalue weighted by molar-refractivity contribution is 0.484. The predicted molar refractivity (Wildman–Crippen MR) is 51.3 cm³/mol. The third-order valence-electron chi connectivity index (χ3n) is 2.20. The van der Waals surface area contributed by atoms with Crippen molar-refractivity contribution in [2.75, 3.05) is 0 Å². The normalized spacial score (nSPS) is 26.1. The van der Waals surface area contributed by atoms with Gasteiger partial charge in [0.2, 0.25) is 0 Å². The van der Waals surface area contributed by atoms with E-state index in [2.05, 4.69) is 0 Å². The Morgan fingerprint density at radius 1 is 1.38 bits per heavy atom. The van der Waals surface area contributed by atoms with Crippen LogP contribution in [-0.4, -0.2) is 9.11 Å². The molecule has 1 atom stereocenters. The van der Waals surface area contributed by atoms with Gasteiger partial charge in [-0.2, -0.15) is 15.9 Å². The van der Waals surface area contributed by atoms with Crippen molar-refractivity contribution in [2.24, 2.45) is 0 Å². The molecule has 0 saturated carbocycles. The van der Waals surface area contributed by atoms with Crippen LogP contribution < -0.4 is 0 Å². The first kappa shape index (κ1) is 8.57. The first-order chi connectivity index (χ1) is 6.15. The Labute approximate surface area is 78.0 Å². The fourth-order valence-electron chi connectivity index (χ4n) is 1.59. The number of nitriles is 1. The molecule has 1 aromatic carbocycles. The lowest BCUT2D eigenvalue weighted by atomic mass is 10.1. The quantitative estimate of drug-likeness (QED) is 0.668. The van der Waals surface area contributed by atoms with E-state index in [-0.39, 0.29) is 5.75 Å². The minimum Gasteiger partial charge on any atom is -0.298 e. The highest BCUT2D eigenvalue weighted by molar-refractivity contribution is 8.24. The van der Waals surface area contributed by atoms with E-state index < -0.39 is 15.8 Å². The van der Waals surface area contributed by atoms with Gasteiger partial charge in [0, 0.05) is 0 Å². The van der Waals surface area contributed by atoms with Gasteiger partial charge in [0.1, 0.15) is 0 Å². The van der Waals surface area contributed by atoms with Gasteiger partial charge < -0.3 is 0 Å². The summed E-state index contributed by atoms with van der Waals surface area (Å²) in [4.78, 5) is 0. The molecule has 0 radical (unpaired) electrons. The SMILES string of the molecule is N#CC1c2ccccc2CS1(O)O. The van der Waals surface area contributed by atoms with Gasteiger partial charge >= 0.3 is 0 Å². The lowest BCUT2D eigenvalue weighted by Gasteiger charge is -2.29. The first-order valence-corrected chi connectivity index (χ1v) is 5.65. The minimum atomic E-state index is -2.76. The second kappa shape index (κ2) is 2.74. The van der Waals surface area contributed by atoms with Crippen molar-refractivity contribution in [2.45, 2.75) is 11.0 Å². The van der Waals surface area contributed by atoms with E-state index in [4.69, 9.17) is 5.26 Å². The van der Waals surface area contributed by atoms with Gasteiger partial charge in [0.05, 0.1) is 11.8 Å². The van der Waals surface area contributed by atoms with Crippen molar-refractivity contribution in [3.05, 3.63) is 35.4 Å². The van der Waals surface area contributed by atoms with E-state index in [0.29, 0.717) is 0 Å². The molecule has 2 rings (SSSR count). The molecule has 0 spiro atoms. The summed E-state index contributed by atoms with van der Waals surface area (Å²) in [5.41, 5.74) is 1.65. The molecule has 3 nitrogen and oxygen atoms in total. The van der Waals surface area contributed by atoms with Crippen LogP contribution in [0.25, 0.3) is 0 Å². The summed E-state index contributed by atoms with van der Waals surface area (Å²) in [6.45, 7) is 0. The summed E-state index contributed by atoms with van der Waals surface area (Å²) in [6.07, 6.45) is 0. The topological polar surface area (TPSA) is 64.2 Å². The van der Waals surface area contributed by atoms with Crippen LogP contribution in [0.3, 0.4) is 0 Å². The van der Waals surface area contributed by atoms with Crippen molar-refractivity contribution in [3.8, 4) is 6.07 Å². The number of hydrogen-bond donors (Lipinski definition) is 2. The number of nitrogens with zero attached hydrogens (tertiary/aromatic N) is 1. The van der Waals surface area contributed by atoms with Crippen LogP contribution in [0.2, 0.25) is 0 Å². The zero-order valence-corrected chi connectivity index (χ0v) is 7.66. The van der Waals surface area contributed by atoms with Crippen LogP contribution in [0.15, 0.2) is 24.3 Å². The highest BCUT2D eigenvalue weighted by atomic mass is 32.3. The van der Waals surface area contributed by atoms with E-state index in [1.165, 1.54) is 0 Å². The molecule has 0 amide bonds. The number of benzene rings is 1. The maximum absolute atomic E-state index is 9.59. The highest BCUT2D eigenvalue weighted by Gasteiger charge is 2.36. The first-order valence-electron chi connectivity index (χ1n) is 3.87. The summed E-state index contributed by atoms with van der Waals surface area (Å²) in [5.74, 6) is 0.224. The molecule has 1 unspecified atom stereocenters. The monoisotopic (exact) mass is 195 g/mol. The Kier molecular flexibility index (Phi) is 1.81. The molecule has 1 aliphatic rings. The fraction of sp³-hybridized carbons (Fsp3) is 0.222. The molecule has 68 valence electrons. The van der Waals surface area contributed by atoms with Crippen molar-refractivity contribution < 1.29 is 9.11 Å². The van der Waals surface area contributed by atoms with Crippen LogP contribution in [0.5, 0.6) is 0 Å². The van der Waals surface area contributed by atoms with Gasteiger partial charge in [-0.05, 0) is 11.1 Å². The standard InChI is InChI=1S/C9H9NO2S/c10-5-9-8-4-2-1-3-7(8)6-13(9,11)12/h1-4,9,11-12H,6H2. The Morgan fingerprint density at radius 2 is 2.08 bits per heavy atom. The smallest absolute Gasteiger partial charge is 0.160 e. The van der Waals surface area contributed by atoms with Crippen molar-refractivity contribution in [1.82, 2.24) is 0 Å². The minimum absolute atomic E-state index is 0.224. The van der Waals surface area contributed by atoms with Crippen LogP contribution in [-0.2, 0) is 5.75 Å². The molecule has 0 fully saturated rings. The molecule has 0 aromatic heterocycles. The van der Waals surface area contributed by atoms with Gasteiger partial charge in [0.15, 0.2) is 5.25 Å². The van der Waals surface area contributed by atoms with Gasteiger partial charge in [-0.15, -0.1) is 0 Å². The van der Waals surface area contributed by atoms with Crippen LogP contribution in [0.4, 0.5) is 0 Å². The molecular weight excluding hydrogens is 186 g/mol. The third kappa shape index (κ3) is 1.22. The molecule has 13 heavy (non-hydrogen) atoms. The maximum Gasteiger partial charge on any atom is 0.160 e. The average molecular weight is 195 g/mol. The second-order valence-electron chi connectivity index (χ2n) is 3.07. The zero-order valence-electron chi connectivity index (χ0n) is 6.84. The third-order valence-corrected chi connectivity index (χ3v) is 4.05. The fourth-order valence-corrected chi connectivity index (χ4v) is 3.28. The van der Waals surface area contributed by atoms with Crippen molar-refractivity contribution in [3.63, 3.8) is 0 Å². The average Bonchev–Trinajstić information content (AvgIpc) is 2.33. The van der Waals surface area contributed by atoms with Crippen LogP contribution in [0.1, 0.15) is 16.4 Å². The van der Waals surface area contributed by atoms with E-state index >= 15 is 0 Å². The molecule has 0 aliphatic carbocycles. The Hall–Kier alpha value is -1.02. The Morgan fingerprint density at radius 3 is 2.77 bits per heavy atom. The predicted octanol–water partition coefficient (Wildman–Crippen LogP) is 2.52. The van der Waals surface area contributed by atoms with Gasteiger partial charge in [-0.3, -0.25) is 9.11 Å². The summed E-state index contributed by atoms with van der Waals surface area (Å²) < 4.78 is 19.2. The summed E-state index contributed by atoms with van der Waals surface area (Å²) in [5, 5.41) is 8.07. The largest absolute Gasteiger partial charge is 0.298 e. The van der Waals surface area contributed by atoms with Crippen LogP contribution in [0, 0.1) is 11.3 Å². The van der Waals surface area contributed by atoms with Crippen molar-refractivity contribution >= 4 is 10.6 Å². The van der Waals surface area contributed by atoms with E-state index in [1.54, 1.807) is 6.07 Å². The van der Waals surface area contributed by atoms with E-state index in [1.807, 2.05) is 24.3 Å². The molecule has 1 aromatic rings. The van der Waals surface area contributed by atoms with Gasteiger partial charge in [0.25, 0.3) is 0 Å². The lowest BCUT2D eigenvalue weighted by Crippen LogP contribution is -2.01. The molecule has 4 heteroatoms. The second-order valence-corrected chi connectivity index (χ2v) is 5.26. The molecular formula is C9H9NO2S. The molecule has 0 bridgehead atoms. The van der Waals surface area contributed by atoms with Crippen LogP contribution >= 0.6 is 10.6 Å². The molecule has 1 aliphatic heterocycles. The number of hydrogen-bond acceptors (Lipinski definition) is 3.